The van der Waals surface area contributed by atoms with Crippen LogP contribution in [0.4, 0.5) is 0 Å². The Hall–Kier alpha value is -3.67. The molecule has 26 heavy (non-hydrogen) atoms. The van der Waals surface area contributed by atoms with E-state index >= 15 is 0 Å². The van der Waals surface area contributed by atoms with Gasteiger partial charge in [-0.05, 0) is 11.1 Å². The molecule has 2 aromatic carbocycles. The van der Waals surface area contributed by atoms with Crippen LogP contribution < -0.4 is 10.4 Å². The van der Waals surface area contributed by atoms with Crippen LogP contribution in [0.2, 0.25) is 0 Å². The summed E-state index contributed by atoms with van der Waals surface area (Å²) in [4.78, 5) is 26.9. The summed E-state index contributed by atoms with van der Waals surface area (Å²) < 4.78 is 1.12. The summed E-state index contributed by atoms with van der Waals surface area (Å²) in [7, 11) is 0. The molecular weight excluding hydrogens is 330 g/mol. The molecule has 0 unspecified atom stereocenters. The predicted molar refractivity (Wildman–Crippen MR) is 97.6 cm³/mol. The molecule has 0 atom stereocenters. The molecule has 128 valence electrons. The van der Waals surface area contributed by atoms with Crippen LogP contribution in [-0.4, -0.2) is 19.8 Å². The normalized spacial score (nSPS) is 10.8. The summed E-state index contributed by atoms with van der Waals surface area (Å²) in [5.74, 6) is -0.156. The Morgan fingerprint density at radius 3 is 2.42 bits per heavy atom. The van der Waals surface area contributed by atoms with E-state index in [1.165, 1.54) is 12.5 Å². The minimum atomic E-state index is -0.476. The summed E-state index contributed by atoms with van der Waals surface area (Å²) >= 11 is 0. The van der Waals surface area contributed by atoms with Gasteiger partial charge >= 0.3 is 0 Å². The first-order chi connectivity index (χ1) is 12.8. The Morgan fingerprint density at radius 2 is 1.69 bits per heavy atom. The highest BCUT2D eigenvalue weighted by atomic mass is 16.7. The second-order valence-corrected chi connectivity index (χ2v) is 5.71. The second kappa shape index (κ2) is 6.68. The molecule has 4 rings (SSSR count). The van der Waals surface area contributed by atoms with Crippen LogP contribution in [0, 0.1) is 0 Å². The van der Waals surface area contributed by atoms with Gasteiger partial charge in [0.15, 0.2) is 5.65 Å². The molecule has 0 aliphatic carbocycles. The molecule has 0 fully saturated rings. The van der Waals surface area contributed by atoms with Gasteiger partial charge in [-0.3, -0.25) is 4.79 Å². The zero-order valence-corrected chi connectivity index (χ0v) is 13.7. The van der Waals surface area contributed by atoms with Crippen LogP contribution >= 0.6 is 0 Å². The topological polar surface area (TPSA) is 77.2 Å². The average molecular weight is 345 g/mol. The standard InChI is InChI=1S/C20H15N3O3/c24-18-16-11-21-13-22-19(16)23(26-12-14-7-3-1-4-8-14)20(25)17(18)15-9-5-2-6-10-15/h1-11,13,24H,12H2. The van der Waals surface area contributed by atoms with Gasteiger partial charge in [0.25, 0.3) is 5.56 Å². The molecule has 1 N–H and O–H groups in total. The van der Waals surface area contributed by atoms with Crippen LogP contribution in [0.15, 0.2) is 78.0 Å². The van der Waals surface area contributed by atoms with Crippen LogP contribution in [0.5, 0.6) is 5.75 Å². The number of benzene rings is 2. The van der Waals surface area contributed by atoms with Crippen molar-refractivity contribution in [1.82, 2.24) is 14.7 Å². The lowest BCUT2D eigenvalue weighted by atomic mass is 10.1. The van der Waals surface area contributed by atoms with Crippen molar-refractivity contribution in [2.24, 2.45) is 0 Å². The molecule has 2 aromatic heterocycles. The number of nitrogens with zero attached hydrogens (tertiary/aromatic N) is 3. The van der Waals surface area contributed by atoms with Gasteiger partial charge in [0.2, 0.25) is 0 Å². The van der Waals surface area contributed by atoms with E-state index in [0.717, 1.165) is 10.3 Å². The van der Waals surface area contributed by atoms with E-state index in [4.69, 9.17) is 4.84 Å². The van der Waals surface area contributed by atoms with Crippen LogP contribution in [-0.2, 0) is 6.61 Å². The minimum Gasteiger partial charge on any atom is -0.506 e. The van der Waals surface area contributed by atoms with E-state index in [-0.39, 0.29) is 23.6 Å². The van der Waals surface area contributed by atoms with Crippen molar-refractivity contribution in [1.29, 1.82) is 0 Å². The number of pyridine rings is 1. The van der Waals surface area contributed by atoms with E-state index in [2.05, 4.69) is 9.97 Å². The number of hydrogen-bond donors (Lipinski definition) is 1. The molecule has 0 aliphatic rings. The predicted octanol–water partition coefficient (Wildman–Crippen LogP) is 2.79. The van der Waals surface area contributed by atoms with Crippen molar-refractivity contribution in [3.63, 3.8) is 0 Å². The van der Waals surface area contributed by atoms with Gasteiger partial charge in [-0.15, -0.1) is 4.73 Å². The van der Waals surface area contributed by atoms with E-state index in [0.29, 0.717) is 10.9 Å². The molecule has 0 amide bonds. The van der Waals surface area contributed by atoms with Gasteiger partial charge in [0.05, 0.1) is 10.9 Å². The molecule has 2 heterocycles. The highest BCUT2D eigenvalue weighted by Crippen LogP contribution is 2.31. The molecule has 4 aromatic rings. The SMILES string of the molecule is O=c1c(-c2ccccc2)c(O)c2cncnc2n1OCc1ccccc1. The molecule has 0 bridgehead atoms. The zero-order valence-electron chi connectivity index (χ0n) is 13.7. The number of hydrogen-bond acceptors (Lipinski definition) is 5. The maximum Gasteiger partial charge on any atom is 0.296 e. The van der Waals surface area contributed by atoms with E-state index in [9.17, 15) is 9.90 Å². The molecular formula is C20H15N3O3. The molecule has 0 spiro atoms. The minimum absolute atomic E-state index is 0.154. The van der Waals surface area contributed by atoms with Crippen molar-refractivity contribution in [2.45, 2.75) is 6.61 Å². The Labute approximate surface area is 148 Å². The van der Waals surface area contributed by atoms with Crippen molar-refractivity contribution in [3.8, 4) is 16.9 Å². The fourth-order valence-electron chi connectivity index (χ4n) is 2.78. The van der Waals surface area contributed by atoms with Gasteiger partial charge in [-0.2, -0.15) is 0 Å². The molecule has 0 radical (unpaired) electrons. The lowest BCUT2D eigenvalue weighted by Gasteiger charge is -2.14. The van der Waals surface area contributed by atoms with Gasteiger partial charge in [0, 0.05) is 6.20 Å². The average Bonchev–Trinajstić information content (AvgIpc) is 2.70. The first-order valence-corrected chi connectivity index (χ1v) is 8.06. The monoisotopic (exact) mass is 345 g/mol. The molecule has 6 nitrogen and oxygen atoms in total. The van der Waals surface area contributed by atoms with E-state index in [1.54, 1.807) is 24.3 Å². The van der Waals surface area contributed by atoms with Crippen molar-refractivity contribution in [3.05, 3.63) is 89.1 Å². The highest BCUT2D eigenvalue weighted by molar-refractivity contribution is 5.89. The van der Waals surface area contributed by atoms with Crippen molar-refractivity contribution in [2.75, 3.05) is 0 Å². The van der Waals surface area contributed by atoms with Gasteiger partial charge < -0.3 is 9.94 Å². The second-order valence-electron chi connectivity index (χ2n) is 5.71. The van der Waals surface area contributed by atoms with Crippen LogP contribution in [0.3, 0.4) is 0 Å². The van der Waals surface area contributed by atoms with Crippen molar-refractivity contribution < 1.29 is 9.94 Å². The van der Waals surface area contributed by atoms with Crippen LogP contribution in [0.25, 0.3) is 22.2 Å². The van der Waals surface area contributed by atoms with Crippen LogP contribution in [0.1, 0.15) is 5.56 Å². The summed E-state index contributed by atoms with van der Waals surface area (Å²) in [5.41, 5.74) is 1.41. The fraction of sp³-hybridized carbons (Fsp3) is 0.0500. The number of fused-ring (bicyclic) bond motifs is 1. The zero-order chi connectivity index (χ0) is 17.9. The van der Waals surface area contributed by atoms with Gasteiger partial charge in [0.1, 0.15) is 18.7 Å². The Balaban J connectivity index is 1.90. The van der Waals surface area contributed by atoms with E-state index < -0.39 is 5.56 Å². The lowest BCUT2D eigenvalue weighted by molar-refractivity contribution is 0.0980. The van der Waals surface area contributed by atoms with Gasteiger partial charge in [-0.1, -0.05) is 60.7 Å². The third-order valence-corrected chi connectivity index (χ3v) is 4.04. The number of aromatic nitrogens is 3. The largest absolute Gasteiger partial charge is 0.506 e. The quantitative estimate of drug-likeness (QED) is 0.615. The molecule has 0 saturated carbocycles. The number of aromatic hydroxyl groups is 1. The fourth-order valence-corrected chi connectivity index (χ4v) is 2.78. The lowest BCUT2D eigenvalue weighted by Crippen LogP contribution is -2.29. The highest BCUT2D eigenvalue weighted by Gasteiger charge is 2.19. The maximum absolute atomic E-state index is 13.0. The third-order valence-electron chi connectivity index (χ3n) is 4.04. The summed E-state index contributed by atoms with van der Waals surface area (Å²) in [5, 5.41) is 11.0. The first-order valence-electron chi connectivity index (χ1n) is 8.06. The molecule has 6 heteroatoms. The van der Waals surface area contributed by atoms with Crippen molar-refractivity contribution >= 4 is 11.0 Å². The molecule has 0 saturated heterocycles. The summed E-state index contributed by atoms with van der Waals surface area (Å²) in [6.45, 7) is 0.193. The molecule has 0 aliphatic heterocycles. The smallest absolute Gasteiger partial charge is 0.296 e. The summed E-state index contributed by atoms with van der Waals surface area (Å²) in [6.07, 6.45) is 2.78. The third kappa shape index (κ3) is 2.77. The Kier molecular flexibility index (Phi) is 4.07. The van der Waals surface area contributed by atoms with Gasteiger partial charge in [-0.25, -0.2) is 9.97 Å². The number of rotatable bonds is 4. The first kappa shape index (κ1) is 15.8. The summed E-state index contributed by atoms with van der Waals surface area (Å²) in [6, 6.07) is 18.5. The Morgan fingerprint density at radius 1 is 1.00 bits per heavy atom. The Bertz CT molecular complexity index is 1110. The maximum atomic E-state index is 13.0. The van der Waals surface area contributed by atoms with E-state index in [1.807, 2.05) is 36.4 Å².